The quantitative estimate of drug-likeness (QED) is 0.855. The molecule has 0 N–H and O–H groups in total. The summed E-state index contributed by atoms with van der Waals surface area (Å²) in [6, 6.07) is 12.3. The molecule has 3 aliphatic carbocycles. The number of amides is 1. The molecule has 2 heterocycles. The van der Waals surface area contributed by atoms with Crippen LogP contribution in [0.5, 0.6) is 0 Å². The zero-order valence-corrected chi connectivity index (χ0v) is 14.4. The van der Waals surface area contributed by atoms with Crippen molar-refractivity contribution >= 4 is 12.1 Å². The summed E-state index contributed by atoms with van der Waals surface area (Å²) in [5, 5.41) is 19.3. The number of rotatable bonds is 4. The van der Waals surface area contributed by atoms with E-state index in [1.807, 2.05) is 29.1 Å². The van der Waals surface area contributed by atoms with Gasteiger partial charge in [0.2, 0.25) is 5.91 Å². The molecule has 2 aromatic rings. The molecule has 0 spiro atoms. The van der Waals surface area contributed by atoms with Gasteiger partial charge < -0.3 is 0 Å². The molecule has 6 rings (SSSR count). The van der Waals surface area contributed by atoms with Crippen LogP contribution in [0.25, 0.3) is 0 Å². The monoisotopic (exact) mass is 345 g/mol. The lowest BCUT2D eigenvalue weighted by molar-refractivity contribution is -0.223. The van der Waals surface area contributed by atoms with Gasteiger partial charge >= 0.3 is 0 Å². The van der Waals surface area contributed by atoms with E-state index < -0.39 is 0 Å². The Morgan fingerprint density at radius 2 is 2.04 bits per heavy atom. The molecule has 4 aliphatic rings. The van der Waals surface area contributed by atoms with Gasteiger partial charge in [-0.1, -0.05) is 30.3 Å². The van der Waals surface area contributed by atoms with Crippen molar-refractivity contribution in [2.75, 3.05) is 0 Å². The molecular formula is C20H19N5O. The van der Waals surface area contributed by atoms with Gasteiger partial charge in [-0.3, -0.25) is 9.48 Å². The van der Waals surface area contributed by atoms with Gasteiger partial charge in [0.25, 0.3) is 0 Å². The first-order chi connectivity index (χ1) is 12.6. The number of nitrogens with zero attached hydrogens (tertiary/aromatic N) is 5. The molecule has 0 saturated heterocycles. The highest BCUT2D eigenvalue weighted by Gasteiger charge is 2.72. The molecule has 1 aliphatic heterocycles. The van der Waals surface area contributed by atoms with Crippen molar-refractivity contribution in [3.05, 3.63) is 53.9 Å². The van der Waals surface area contributed by atoms with Crippen molar-refractivity contribution < 1.29 is 4.79 Å². The molecule has 1 aromatic carbocycles. The van der Waals surface area contributed by atoms with Gasteiger partial charge in [-0.15, -0.1) is 0 Å². The number of aromatic nitrogens is 2. The Hall–Kier alpha value is -2.94. The minimum atomic E-state index is -0.236. The maximum absolute atomic E-state index is 13.2. The number of benzene rings is 1. The molecule has 3 fully saturated rings. The van der Waals surface area contributed by atoms with E-state index in [-0.39, 0.29) is 22.8 Å². The molecule has 1 amide bonds. The van der Waals surface area contributed by atoms with Crippen LogP contribution in [0, 0.1) is 22.2 Å². The predicted octanol–water partition coefficient (Wildman–Crippen LogP) is 2.88. The van der Waals surface area contributed by atoms with Crippen LogP contribution in [0.1, 0.15) is 42.9 Å². The molecule has 2 bridgehead atoms. The number of hydrogen-bond donors (Lipinski definition) is 0. The van der Waals surface area contributed by atoms with E-state index in [1.54, 1.807) is 17.4 Å². The lowest BCUT2D eigenvalue weighted by Crippen LogP contribution is -2.68. The molecule has 6 nitrogen and oxygen atoms in total. The number of hydrogen-bond acceptors (Lipinski definition) is 4. The van der Waals surface area contributed by atoms with Crippen molar-refractivity contribution in [2.24, 2.45) is 15.9 Å². The second-order valence-corrected chi connectivity index (χ2v) is 7.96. The van der Waals surface area contributed by atoms with Gasteiger partial charge in [0.15, 0.2) is 0 Å². The van der Waals surface area contributed by atoms with Crippen molar-refractivity contribution in [2.45, 2.75) is 38.3 Å². The fraction of sp³-hybridized carbons (Fsp3) is 0.400. The maximum Gasteiger partial charge on any atom is 0.249 e. The third kappa shape index (κ3) is 2.13. The Bertz CT molecular complexity index is 919. The van der Waals surface area contributed by atoms with E-state index in [0.717, 1.165) is 37.8 Å². The molecule has 0 radical (unpaired) electrons. The average molecular weight is 345 g/mol. The van der Waals surface area contributed by atoms with Crippen LogP contribution in [0.3, 0.4) is 0 Å². The summed E-state index contributed by atoms with van der Waals surface area (Å²) >= 11 is 0. The summed E-state index contributed by atoms with van der Waals surface area (Å²) < 4.78 is 1.84. The molecule has 6 heteroatoms. The topological polar surface area (TPSA) is 74.3 Å². The van der Waals surface area contributed by atoms with Gasteiger partial charge in [0.05, 0.1) is 23.2 Å². The minimum Gasteiger partial charge on any atom is -0.272 e. The highest BCUT2D eigenvalue weighted by molar-refractivity contribution is 5.88. The largest absolute Gasteiger partial charge is 0.272 e. The molecule has 130 valence electrons. The normalized spacial score (nSPS) is 31.2. The number of nitriles is 1. The molecule has 3 saturated carbocycles. The molecule has 1 unspecified atom stereocenters. The molecule has 1 atom stereocenters. The first kappa shape index (κ1) is 15.3. The summed E-state index contributed by atoms with van der Waals surface area (Å²) in [6.45, 7) is 0.787. The Morgan fingerprint density at radius 1 is 1.27 bits per heavy atom. The van der Waals surface area contributed by atoms with Crippen LogP contribution in [-0.4, -0.2) is 26.9 Å². The van der Waals surface area contributed by atoms with E-state index in [0.29, 0.717) is 5.56 Å². The molecule has 26 heavy (non-hydrogen) atoms. The van der Waals surface area contributed by atoms with Crippen molar-refractivity contribution in [1.82, 2.24) is 14.8 Å². The SMILES string of the molecule is N#Cc1cnn(CC23CC(C(=O)N4N=CCC4c4ccccc4)(C2)C3)c1. The Morgan fingerprint density at radius 3 is 2.73 bits per heavy atom. The average Bonchev–Trinajstić information content (AvgIpc) is 3.26. The third-order valence-electron chi connectivity index (χ3n) is 6.08. The Labute approximate surface area is 151 Å². The fourth-order valence-corrected chi connectivity index (χ4v) is 5.05. The van der Waals surface area contributed by atoms with Crippen LogP contribution in [-0.2, 0) is 11.3 Å². The number of carbonyl (C=O) groups excluding carboxylic acids is 1. The van der Waals surface area contributed by atoms with Gasteiger partial charge in [-0.2, -0.15) is 15.5 Å². The summed E-state index contributed by atoms with van der Waals surface area (Å²) in [7, 11) is 0. The number of hydrazone groups is 1. The van der Waals surface area contributed by atoms with Crippen LogP contribution in [0.4, 0.5) is 0 Å². The van der Waals surface area contributed by atoms with Gasteiger partial charge in [-0.25, -0.2) is 5.01 Å². The lowest BCUT2D eigenvalue weighted by Gasteiger charge is -2.69. The maximum atomic E-state index is 13.2. The Kier molecular flexibility index (Phi) is 3.11. The van der Waals surface area contributed by atoms with Crippen LogP contribution >= 0.6 is 0 Å². The first-order valence-electron chi connectivity index (χ1n) is 8.97. The van der Waals surface area contributed by atoms with E-state index in [1.165, 1.54) is 0 Å². The first-order valence-corrected chi connectivity index (χ1v) is 8.97. The summed E-state index contributed by atoms with van der Waals surface area (Å²) in [5.74, 6) is 0.167. The van der Waals surface area contributed by atoms with Crippen LogP contribution in [0.2, 0.25) is 0 Å². The Balaban J connectivity index is 1.27. The molecular weight excluding hydrogens is 326 g/mol. The second kappa shape index (κ2) is 5.28. The summed E-state index contributed by atoms with van der Waals surface area (Å²) in [4.78, 5) is 13.2. The van der Waals surface area contributed by atoms with E-state index in [4.69, 9.17) is 5.26 Å². The molecule has 1 aromatic heterocycles. The smallest absolute Gasteiger partial charge is 0.249 e. The minimum absolute atomic E-state index is 0.0259. The van der Waals surface area contributed by atoms with Gasteiger partial charge in [0.1, 0.15) is 6.07 Å². The zero-order valence-electron chi connectivity index (χ0n) is 14.4. The van der Waals surface area contributed by atoms with Gasteiger partial charge in [-0.05, 0) is 30.2 Å². The predicted molar refractivity (Wildman–Crippen MR) is 94.8 cm³/mol. The number of carbonyl (C=O) groups is 1. The third-order valence-corrected chi connectivity index (χ3v) is 6.08. The zero-order chi connectivity index (χ0) is 17.8. The van der Waals surface area contributed by atoms with Crippen LogP contribution < -0.4 is 0 Å². The van der Waals surface area contributed by atoms with Crippen molar-refractivity contribution in [1.29, 1.82) is 5.26 Å². The highest BCUT2D eigenvalue weighted by atomic mass is 16.2. The van der Waals surface area contributed by atoms with E-state index in [2.05, 4.69) is 28.4 Å². The second-order valence-electron chi connectivity index (χ2n) is 7.96. The fourth-order valence-electron chi connectivity index (χ4n) is 5.05. The van der Waals surface area contributed by atoms with E-state index >= 15 is 0 Å². The van der Waals surface area contributed by atoms with Gasteiger partial charge in [0, 0.05) is 25.4 Å². The summed E-state index contributed by atoms with van der Waals surface area (Å²) in [5.41, 5.74) is 1.65. The van der Waals surface area contributed by atoms with Crippen LogP contribution in [0.15, 0.2) is 47.8 Å². The lowest BCUT2D eigenvalue weighted by atomic mass is 9.34. The summed E-state index contributed by atoms with van der Waals surface area (Å²) in [6.07, 6.45) is 8.70. The van der Waals surface area contributed by atoms with Crippen molar-refractivity contribution in [3.8, 4) is 6.07 Å². The highest BCUT2D eigenvalue weighted by Crippen LogP contribution is 2.74. The van der Waals surface area contributed by atoms with Crippen molar-refractivity contribution in [3.63, 3.8) is 0 Å². The van der Waals surface area contributed by atoms with E-state index in [9.17, 15) is 4.79 Å². The standard InChI is InChI=1S/C20H19N5O/c21-8-15-9-23-24(10-15)14-19-11-20(12-19,13-19)18(26)25-17(6-7-22-25)16-4-2-1-3-5-16/h1-5,7,9-10,17H,6,11-14H2.